The van der Waals surface area contributed by atoms with E-state index >= 15 is 0 Å². The molecule has 178 valence electrons. The second-order valence-electron chi connectivity index (χ2n) is 8.93. The highest BCUT2D eigenvalue weighted by molar-refractivity contribution is 5.92. The number of oxazole rings is 1. The van der Waals surface area contributed by atoms with Gasteiger partial charge in [-0.2, -0.15) is 0 Å². The summed E-state index contributed by atoms with van der Waals surface area (Å²) in [6.45, 7) is 3.30. The average molecular weight is 468 g/mol. The molecule has 1 amide bonds. The normalized spacial score (nSPS) is 14.0. The number of benzene rings is 3. The van der Waals surface area contributed by atoms with Crippen molar-refractivity contribution >= 4 is 5.91 Å². The number of hydrogen-bond donors (Lipinski definition) is 1. The summed E-state index contributed by atoms with van der Waals surface area (Å²) in [6, 6.07) is 28.6. The van der Waals surface area contributed by atoms with Gasteiger partial charge < -0.3 is 14.5 Å². The van der Waals surface area contributed by atoms with E-state index in [2.05, 4.69) is 46.4 Å². The number of para-hydroxylation sites is 1. The number of nitrogens with one attached hydrogen (secondary N) is 1. The third-order valence-corrected chi connectivity index (χ3v) is 6.13. The first-order chi connectivity index (χ1) is 17.1. The number of carbonyl (C=O) groups is 1. The van der Waals surface area contributed by atoms with Crippen LogP contribution in [0.4, 0.5) is 0 Å². The zero-order chi connectivity index (χ0) is 24.0. The Balaban J connectivity index is 1.34. The Bertz CT molecular complexity index is 1250. The van der Waals surface area contributed by atoms with Crippen LogP contribution in [-0.2, 0) is 13.1 Å². The quantitative estimate of drug-likeness (QED) is 0.304. The largest absolute Gasteiger partial charge is 0.457 e. The monoisotopic (exact) mass is 467 g/mol. The van der Waals surface area contributed by atoms with Crippen molar-refractivity contribution in [3.63, 3.8) is 0 Å². The number of nitrogens with zero attached hydrogens (tertiary/aromatic N) is 2. The van der Waals surface area contributed by atoms with Gasteiger partial charge in [-0.15, -0.1) is 0 Å². The van der Waals surface area contributed by atoms with E-state index in [-0.39, 0.29) is 18.0 Å². The lowest BCUT2D eigenvalue weighted by atomic mass is 10.1. The van der Waals surface area contributed by atoms with E-state index in [9.17, 15) is 4.79 Å². The number of ether oxygens (including phenoxy) is 1. The molecule has 5 rings (SSSR count). The van der Waals surface area contributed by atoms with Crippen LogP contribution in [0.2, 0.25) is 0 Å². The second-order valence-corrected chi connectivity index (χ2v) is 8.93. The lowest BCUT2D eigenvalue weighted by Crippen LogP contribution is -2.27. The second kappa shape index (κ2) is 10.6. The van der Waals surface area contributed by atoms with Crippen molar-refractivity contribution in [2.75, 3.05) is 0 Å². The molecule has 35 heavy (non-hydrogen) atoms. The highest BCUT2D eigenvalue weighted by Crippen LogP contribution is 2.27. The maximum Gasteiger partial charge on any atom is 0.273 e. The predicted molar refractivity (Wildman–Crippen MR) is 134 cm³/mol. The van der Waals surface area contributed by atoms with Crippen molar-refractivity contribution in [2.24, 2.45) is 0 Å². The fraction of sp³-hybridized carbons (Fsp3) is 0.241. The van der Waals surface area contributed by atoms with Gasteiger partial charge in [0.25, 0.3) is 5.91 Å². The van der Waals surface area contributed by atoms with Gasteiger partial charge in [0.05, 0.1) is 6.54 Å². The molecule has 1 fully saturated rings. The highest BCUT2D eigenvalue weighted by Gasteiger charge is 2.26. The number of carbonyl (C=O) groups excluding carboxylic acids is 1. The van der Waals surface area contributed by atoms with Gasteiger partial charge in [-0.1, -0.05) is 60.7 Å². The van der Waals surface area contributed by atoms with E-state index in [1.54, 1.807) is 0 Å². The molecule has 1 unspecified atom stereocenters. The van der Waals surface area contributed by atoms with Crippen LogP contribution in [0.3, 0.4) is 0 Å². The number of hydrogen-bond acceptors (Lipinski definition) is 5. The molecule has 1 heterocycles. The van der Waals surface area contributed by atoms with Crippen LogP contribution in [0.5, 0.6) is 11.5 Å². The standard InChI is InChI=1S/C29H29N3O3/c1-21(23-10-4-2-5-11-23)32(19-28-31-27(20-34-28)29(33)30-24-15-16-24)18-22-9-8-14-26(17-22)35-25-12-6-3-7-13-25/h2-14,17,20-21,24H,15-16,18-19H2,1H3,(H,30,33). The van der Waals surface area contributed by atoms with E-state index in [1.807, 2.05) is 60.7 Å². The first kappa shape index (κ1) is 22.9. The SMILES string of the molecule is CC(c1ccccc1)N(Cc1cccc(Oc2ccccc2)c1)Cc1nc(C(=O)NC2CC2)co1. The van der Waals surface area contributed by atoms with Crippen LogP contribution in [0, 0.1) is 0 Å². The summed E-state index contributed by atoms with van der Waals surface area (Å²) < 4.78 is 11.7. The zero-order valence-corrected chi connectivity index (χ0v) is 19.8. The third kappa shape index (κ3) is 6.16. The molecule has 1 aliphatic carbocycles. The molecule has 6 heteroatoms. The molecular formula is C29H29N3O3. The minimum absolute atomic E-state index is 0.102. The fourth-order valence-electron chi connectivity index (χ4n) is 3.99. The van der Waals surface area contributed by atoms with Gasteiger partial charge in [0.2, 0.25) is 5.89 Å². The average Bonchev–Trinajstić information content (AvgIpc) is 3.58. The van der Waals surface area contributed by atoms with Gasteiger partial charge in [0.15, 0.2) is 5.69 Å². The van der Waals surface area contributed by atoms with Gasteiger partial charge in [-0.3, -0.25) is 9.69 Å². The molecule has 3 aromatic carbocycles. The zero-order valence-electron chi connectivity index (χ0n) is 19.8. The van der Waals surface area contributed by atoms with Crippen molar-refractivity contribution in [2.45, 2.75) is 44.9 Å². The van der Waals surface area contributed by atoms with Gasteiger partial charge in [0, 0.05) is 18.6 Å². The molecule has 0 aliphatic heterocycles. The maximum absolute atomic E-state index is 12.4. The molecule has 4 aromatic rings. The molecule has 0 saturated heterocycles. The number of aromatic nitrogens is 1. The van der Waals surface area contributed by atoms with Crippen molar-refractivity contribution in [3.8, 4) is 11.5 Å². The summed E-state index contributed by atoms with van der Waals surface area (Å²) in [5.41, 5.74) is 2.64. The van der Waals surface area contributed by atoms with Gasteiger partial charge in [0.1, 0.15) is 17.8 Å². The van der Waals surface area contributed by atoms with Crippen molar-refractivity contribution < 1.29 is 13.9 Å². The van der Waals surface area contributed by atoms with Crippen molar-refractivity contribution in [1.82, 2.24) is 15.2 Å². The first-order valence-electron chi connectivity index (χ1n) is 12.0. The van der Waals surface area contributed by atoms with Crippen LogP contribution in [0.25, 0.3) is 0 Å². The molecule has 0 spiro atoms. The molecule has 1 aromatic heterocycles. The van der Waals surface area contributed by atoms with Crippen LogP contribution in [-0.4, -0.2) is 21.8 Å². The smallest absolute Gasteiger partial charge is 0.273 e. The molecule has 1 N–H and O–H groups in total. The van der Waals surface area contributed by atoms with E-state index in [4.69, 9.17) is 9.15 Å². The first-order valence-corrected chi connectivity index (χ1v) is 12.0. The summed E-state index contributed by atoms with van der Waals surface area (Å²) >= 11 is 0. The van der Waals surface area contributed by atoms with Crippen LogP contribution in [0.15, 0.2) is 95.6 Å². The summed E-state index contributed by atoms with van der Waals surface area (Å²) in [5, 5.41) is 2.96. The van der Waals surface area contributed by atoms with Crippen molar-refractivity contribution in [1.29, 1.82) is 0 Å². The maximum atomic E-state index is 12.4. The Labute approximate surface area is 205 Å². The minimum atomic E-state index is -0.170. The lowest BCUT2D eigenvalue weighted by Gasteiger charge is -2.28. The summed E-state index contributed by atoms with van der Waals surface area (Å²) in [5.74, 6) is 1.94. The van der Waals surface area contributed by atoms with Crippen molar-refractivity contribution in [3.05, 3.63) is 114 Å². The number of rotatable bonds is 10. The fourth-order valence-corrected chi connectivity index (χ4v) is 3.99. The summed E-state index contributed by atoms with van der Waals surface area (Å²) in [7, 11) is 0. The molecule has 1 atom stereocenters. The van der Waals surface area contributed by atoms with E-state index in [0.29, 0.717) is 24.7 Å². The third-order valence-electron chi connectivity index (χ3n) is 6.13. The van der Waals surface area contributed by atoms with E-state index in [1.165, 1.54) is 11.8 Å². The Morgan fingerprint density at radius 2 is 1.71 bits per heavy atom. The van der Waals surface area contributed by atoms with Gasteiger partial charge >= 0.3 is 0 Å². The van der Waals surface area contributed by atoms with E-state index in [0.717, 1.165) is 29.9 Å². The summed E-state index contributed by atoms with van der Waals surface area (Å²) in [4.78, 5) is 19.1. The van der Waals surface area contributed by atoms with Gasteiger partial charge in [-0.05, 0) is 55.2 Å². The molecule has 0 bridgehead atoms. The molecule has 0 radical (unpaired) electrons. The summed E-state index contributed by atoms with van der Waals surface area (Å²) in [6.07, 6.45) is 3.52. The molecular weight excluding hydrogens is 438 g/mol. The van der Waals surface area contributed by atoms with Crippen LogP contribution >= 0.6 is 0 Å². The minimum Gasteiger partial charge on any atom is -0.457 e. The molecule has 1 saturated carbocycles. The Morgan fingerprint density at radius 3 is 2.46 bits per heavy atom. The molecule has 6 nitrogen and oxygen atoms in total. The van der Waals surface area contributed by atoms with E-state index < -0.39 is 0 Å². The Hall–Kier alpha value is -3.90. The number of amides is 1. The molecule has 1 aliphatic rings. The van der Waals surface area contributed by atoms with Crippen LogP contribution in [0.1, 0.15) is 53.3 Å². The topological polar surface area (TPSA) is 67.6 Å². The van der Waals surface area contributed by atoms with Crippen LogP contribution < -0.4 is 10.1 Å². The van der Waals surface area contributed by atoms with Gasteiger partial charge in [-0.25, -0.2) is 4.98 Å². The Kier molecular flexibility index (Phi) is 6.91. The highest BCUT2D eigenvalue weighted by atomic mass is 16.5. The Morgan fingerprint density at radius 1 is 1.00 bits per heavy atom. The predicted octanol–water partition coefficient (Wildman–Crippen LogP) is 6.12. The lowest BCUT2D eigenvalue weighted by molar-refractivity contribution is 0.0946.